The van der Waals surface area contributed by atoms with Crippen molar-refractivity contribution in [1.82, 2.24) is 0 Å². The van der Waals surface area contributed by atoms with Crippen molar-refractivity contribution < 1.29 is 14.2 Å². The van der Waals surface area contributed by atoms with E-state index >= 15 is 0 Å². The summed E-state index contributed by atoms with van der Waals surface area (Å²) >= 11 is 0. The molecule has 0 unspecified atom stereocenters. The van der Waals surface area contributed by atoms with Crippen LogP contribution in [0.3, 0.4) is 0 Å². The van der Waals surface area contributed by atoms with E-state index in [1.54, 1.807) is 0 Å². The van der Waals surface area contributed by atoms with Crippen LogP contribution in [0.15, 0.2) is 237 Å². The van der Waals surface area contributed by atoms with E-state index in [0.717, 1.165) is 102 Å². The average Bonchev–Trinajstić information content (AvgIpc) is 3.45. The highest BCUT2D eigenvalue weighted by Gasteiger charge is 2.18. The van der Waals surface area contributed by atoms with Crippen LogP contribution in [0.1, 0.15) is 37.5 Å². The van der Waals surface area contributed by atoms with Crippen molar-refractivity contribution in [3.8, 4) is 50.6 Å². The minimum Gasteiger partial charge on any atom is -0.494 e. The molecule has 0 atom stereocenters. The van der Waals surface area contributed by atoms with Gasteiger partial charge in [0.1, 0.15) is 17.2 Å². The maximum Gasteiger partial charge on any atom is 0.119 e. The third kappa shape index (κ3) is 11.5. The van der Waals surface area contributed by atoms with Gasteiger partial charge in [0.05, 0.1) is 19.8 Å². The summed E-state index contributed by atoms with van der Waals surface area (Å²) in [6.45, 7) is 14.3. The molecule has 0 spiro atoms. The summed E-state index contributed by atoms with van der Waals surface area (Å²) in [5.74, 6) is 2.56. The number of benzene rings is 10. The van der Waals surface area contributed by atoms with Crippen LogP contribution < -0.4 is 28.9 Å². The Bertz CT molecular complexity index is 3040. The van der Waals surface area contributed by atoms with Crippen LogP contribution in [0, 0.1) is 20.8 Å². The molecule has 0 radical (unpaired) electrons. The van der Waals surface area contributed by atoms with Gasteiger partial charge in [-0.25, -0.2) is 0 Å². The van der Waals surface area contributed by atoms with Gasteiger partial charge in [0.25, 0.3) is 0 Å². The van der Waals surface area contributed by atoms with Gasteiger partial charge in [0.2, 0.25) is 0 Å². The molecule has 372 valence electrons. The largest absolute Gasteiger partial charge is 0.494 e. The minimum absolute atomic E-state index is 0.622. The van der Waals surface area contributed by atoms with Crippen molar-refractivity contribution >= 4 is 51.2 Å². The van der Waals surface area contributed by atoms with Crippen molar-refractivity contribution in [2.24, 2.45) is 0 Å². The topological polar surface area (TPSA) is 37.4 Å². The summed E-state index contributed by atoms with van der Waals surface area (Å²) in [6.07, 6.45) is 0. The van der Waals surface area contributed by atoms with Gasteiger partial charge < -0.3 is 28.9 Å². The summed E-state index contributed by atoms with van der Waals surface area (Å²) in [5, 5.41) is 0. The SMILES string of the molecule is CCOc1ccc(N(c2ccc(C)cc2)c2ccc(-c3cc(-c4ccc(N(c5ccc(C)cc5)c5ccc(OCC)cc5)cc4)cc(-c4ccc(N(c5ccc(C)cc5)c5ccc(OCC)cc5)cc4)c3)cc2)cc1. The Morgan fingerprint density at radius 3 is 0.587 bits per heavy atom. The number of nitrogens with zero attached hydrogens (tertiary/aromatic N) is 3. The lowest BCUT2D eigenvalue weighted by Crippen LogP contribution is -2.10. The molecule has 10 aromatic carbocycles. The van der Waals surface area contributed by atoms with Crippen LogP contribution in [0.2, 0.25) is 0 Å². The third-order valence-electron chi connectivity index (χ3n) is 13.4. The van der Waals surface area contributed by atoms with Crippen molar-refractivity contribution in [3.05, 3.63) is 253 Å². The molecule has 0 aliphatic carbocycles. The normalized spacial score (nSPS) is 11.0. The molecule has 75 heavy (non-hydrogen) atoms. The second-order valence-electron chi connectivity index (χ2n) is 18.7. The molecule has 0 aliphatic heterocycles. The summed E-state index contributed by atoms with van der Waals surface area (Å²) < 4.78 is 17.5. The predicted octanol–water partition coefficient (Wildman–Crippen LogP) is 19.2. The molecule has 0 amide bonds. The smallest absolute Gasteiger partial charge is 0.119 e. The highest BCUT2D eigenvalue weighted by atomic mass is 16.5. The lowest BCUT2D eigenvalue weighted by atomic mass is 9.93. The van der Waals surface area contributed by atoms with E-state index in [4.69, 9.17) is 14.2 Å². The first kappa shape index (κ1) is 49.6. The number of hydrogen-bond donors (Lipinski definition) is 0. The van der Waals surface area contributed by atoms with Crippen LogP contribution in [0.25, 0.3) is 33.4 Å². The van der Waals surface area contributed by atoms with Crippen LogP contribution in [-0.4, -0.2) is 19.8 Å². The number of hydrogen-bond acceptors (Lipinski definition) is 6. The van der Waals surface area contributed by atoms with Crippen LogP contribution in [0.5, 0.6) is 17.2 Å². The van der Waals surface area contributed by atoms with E-state index in [1.165, 1.54) is 16.7 Å². The van der Waals surface area contributed by atoms with Crippen LogP contribution in [0.4, 0.5) is 51.2 Å². The van der Waals surface area contributed by atoms with Crippen molar-refractivity contribution in [2.75, 3.05) is 34.5 Å². The summed E-state index contributed by atoms with van der Waals surface area (Å²) in [7, 11) is 0. The number of anilines is 9. The molecule has 0 aromatic heterocycles. The van der Waals surface area contributed by atoms with Crippen LogP contribution in [-0.2, 0) is 0 Å². The van der Waals surface area contributed by atoms with Crippen molar-refractivity contribution in [2.45, 2.75) is 41.5 Å². The Morgan fingerprint density at radius 2 is 0.400 bits per heavy atom. The maximum atomic E-state index is 5.82. The Balaban J connectivity index is 1.05. The molecular formula is C69H63N3O3. The van der Waals surface area contributed by atoms with Crippen molar-refractivity contribution in [3.63, 3.8) is 0 Å². The molecule has 0 N–H and O–H groups in total. The van der Waals surface area contributed by atoms with Gasteiger partial charge in [-0.2, -0.15) is 0 Å². The number of rotatable bonds is 18. The zero-order valence-corrected chi connectivity index (χ0v) is 43.7. The highest BCUT2D eigenvalue weighted by molar-refractivity contribution is 5.86. The average molecular weight is 982 g/mol. The highest BCUT2D eigenvalue weighted by Crippen LogP contribution is 2.42. The molecule has 10 aromatic rings. The molecule has 6 heteroatoms. The van der Waals surface area contributed by atoms with Gasteiger partial charge in [-0.3, -0.25) is 0 Å². The molecule has 10 rings (SSSR count). The minimum atomic E-state index is 0.622. The fourth-order valence-corrected chi connectivity index (χ4v) is 9.53. The van der Waals surface area contributed by atoms with Gasteiger partial charge >= 0.3 is 0 Å². The first-order valence-corrected chi connectivity index (χ1v) is 26.0. The molecular weight excluding hydrogens is 919 g/mol. The van der Waals surface area contributed by atoms with Crippen LogP contribution >= 0.6 is 0 Å². The molecule has 0 bridgehead atoms. The van der Waals surface area contributed by atoms with E-state index in [0.29, 0.717) is 19.8 Å². The van der Waals surface area contributed by atoms with Crippen molar-refractivity contribution in [1.29, 1.82) is 0 Å². The summed E-state index contributed by atoms with van der Waals surface area (Å²) in [4.78, 5) is 6.89. The monoisotopic (exact) mass is 981 g/mol. The second-order valence-corrected chi connectivity index (χ2v) is 18.7. The first-order valence-electron chi connectivity index (χ1n) is 26.0. The number of aryl methyl sites for hydroxylation is 3. The van der Waals surface area contributed by atoms with E-state index in [2.05, 4.69) is 236 Å². The molecule has 0 aliphatic rings. The molecule has 0 saturated carbocycles. The second kappa shape index (κ2) is 22.8. The van der Waals surface area contributed by atoms with E-state index in [1.807, 2.05) is 57.2 Å². The zero-order valence-electron chi connectivity index (χ0n) is 43.7. The Morgan fingerprint density at radius 1 is 0.227 bits per heavy atom. The Labute approximate surface area is 443 Å². The molecule has 0 heterocycles. The maximum absolute atomic E-state index is 5.82. The van der Waals surface area contributed by atoms with Gasteiger partial charge in [0.15, 0.2) is 0 Å². The quantitative estimate of drug-likeness (QED) is 0.0853. The first-order chi connectivity index (χ1) is 36.7. The molecule has 6 nitrogen and oxygen atoms in total. The van der Waals surface area contributed by atoms with Gasteiger partial charge in [0, 0.05) is 51.2 Å². The third-order valence-corrected chi connectivity index (χ3v) is 13.4. The number of ether oxygens (including phenoxy) is 3. The summed E-state index contributed by atoms with van der Waals surface area (Å²) in [6, 6.07) is 84.9. The van der Waals surface area contributed by atoms with Gasteiger partial charge in [-0.15, -0.1) is 0 Å². The summed E-state index contributed by atoms with van der Waals surface area (Å²) in [5.41, 5.74) is 20.0. The van der Waals surface area contributed by atoms with E-state index < -0.39 is 0 Å². The predicted molar refractivity (Wildman–Crippen MR) is 315 cm³/mol. The van der Waals surface area contributed by atoms with Gasteiger partial charge in [-0.1, -0.05) is 89.5 Å². The lowest BCUT2D eigenvalue weighted by molar-refractivity contribution is 0.340. The molecule has 0 saturated heterocycles. The lowest BCUT2D eigenvalue weighted by Gasteiger charge is -2.26. The van der Waals surface area contributed by atoms with E-state index in [-0.39, 0.29) is 0 Å². The Hall–Kier alpha value is -9.00. The fourth-order valence-electron chi connectivity index (χ4n) is 9.53. The standard InChI is InChI=1S/C69H63N3O3/c1-7-73-67-40-34-64(35-41-67)70(58-22-10-49(4)11-23-58)61-28-16-52(17-29-61)55-46-56(53-18-30-62(31-19-53)71(59-24-12-50(5)13-25-59)65-36-42-68(43-37-65)74-8-2)48-57(47-55)54-20-32-63(33-21-54)72(60-26-14-51(6)15-27-60)66-38-44-69(45-39-66)75-9-3/h10-48H,7-9H2,1-6H3. The Kier molecular flexibility index (Phi) is 15.1. The van der Waals surface area contributed by atoms with E-state index in [9.17, 15) is 0 Å². The van der Waals surface area contributed by atoms with Gasteiger partial charge in [-0.05, 0) is 239 Å². The molecule has 0 fully saturated rings. The zero-order chi connectivity index (χ0) is 51.7. The fraction of sp³-hybridized carbons (Fsp3) is 0.130.